The second kappa shape index (κ2) is 8.82. The summed E-state index contributed by atoms with van der Waals surface area (Å²) in [6, 6.07) is 13.3. The lowest BCUT2D eigenvalue weighted by atomic mass is 10.0. The van der Waals surface area contributed by atoms with Crippen LogP contribution in [-0.4, -0.2) is 29.9 Å². The Kier molecular flexibility index (Phi) is 6.20. The molecule has 0 saturated heterocycles. The van der Waals surface area contributed by atoms with E-state index in [0.29, 0.717) is 22.9 Å². The maximum absolute atomic E-state index is 12.8. The quantitative estimate of drug-likeness (QED) is 0.673. The molecule has 0 spiro atoms. The Morgan fingerprint density at radius 2 is 1.70 bits per heavy atom. The van der Waals surface area contributed by atoms with E-state index in [0.717, 1.165) is 11.1 Å². The number of nitrogens with zero attached hydrogens (tertiary/aromatic N) is 2. The molecule has 7 heteroatoms. The molecule has 3 aromatic rings. The second-order valence-electron chi connectivity index (χ2n) is 7.04. The summed E-state index contributed by atoms with van der Waals surface area (Å²) in [6.45, 7) is 5.69. The lowest BCUT2D eigenvalue weighted by molar-refractivity contribution is -0.119. The summed E-state index contributed by atoms with van der Waals surface area (Å²) in [6.07, 6.45) is 0. The van der Waals surface area contributed by atoms with Crippen molar-refractivity contribution in [2.24, 2.45) is 0 Å². The van der Waals surface area contributed by atoms with Crippen LogP contribution in [0.15, 0.2) is 53.3 Å². The van der Waals surface area contributed by atoms with Gasteiger partial charge in [-0.3, -0.25) is 9.59 Å². The molecule has 0 bridgehead atoms. The number of rotatable bonds is 6. The fourth-order valence-corrected chi connectivity index (χ4v) is 3.03. The maximum atomic E-state index is 12.8. The summed E-state index contributed by atoms with van der Waals surface area (Å²) in [5.41, 5.74) is 4.00. The number of carbonyl (C=O) groups is 1. The van der Waals surface area contributed by atoms with Crippen molar-refractivity contribution in [1.82, 2.24) is 9.78 Å². The summed E-state index contributed by atoms with van der Waals surface area (Å²) in [4.78, 5) is 25.2. The van der Waals surface area contributed by atoms with Gasteiger partial charge in [-0.25, -0.2) is 4.68 Å². The second-order valence-corrected chi connectivity index (χ2v) is 7.04. The number of aryl methyl sites for hydroxylation is 2. The molecule has 0 aliphatic carbocycles. The molecule has 1 atom stereocenters. The van der Waals surface area contributed by atoms with Crippen molar-refractivity contribution >= 4 is 11.6 Å². The number of hydrogen-bond acceptors (Lipinski definition) is 5. The van der Waals surface area contributed by atoms with Gasteiger partial charge >= 0.3 is 0 Å². The van der Waals surface area contributed by atoms with Crippen molar-refractivity contribution in [3.63, 3.8) is 0 Å². The van der Waals surface area contributed by atoms with Crippen LogP contribution in [0.5, 0.6) is 11.5 Å². The minimum absolute atomic E-state index is 0.349. The van der Waals surface area contributed by atoms with Gasteiger partial charge < -0.3 is 14.8 Å². The molecule has 1 N–H and O–H groups in total. The molecule has 156 valence electrons. The number of amides is 1. The number of methoxy groups -OCH3 is 2. The minimum Gasteiger partial charge on any atom is -0.493 e. The molecule has 0 saturated carbocycles. The number of hydrogen-bond donors (Lipinski definition) is 1. The first-order valence-electron chi connectivity index (χ1n) is 9.54. The summed E-state index contributed by atoms with van der Waals surface area (Å²) in [7, 11) is 3.06. The van der Waals surface area contributed by atoms with Crippen LogP contribution in [0.25, 0.3) is 11.3 Å². The van der Waals surface area contributed by atoms with E-state index in [1.807, 2.05) is 32.0 Å². The highest BCUT2D eigenvalue weighted by Gasteiger charge is 2.19. The Balaban J connectivity index is 1.87. The van der Waals surface area contributed by atoms with Crippen LogP contribution in [0.3, 0.4) is 0 Å². The first-order chi connectivity index (χ1) is 14.3. The zero-order chi connectivity index (χ0) is 21.8. The average Bonchev–Trinajstić information content (AvgIpc) is 2.75. The molecule has 3 rings (SSSR count). The van der Waals surface area contributed by atoms with Gasteiger partial charge in [0, 0.05) is 23.4 Å². The molecule has 2 aromatic carbocycles. The molecule has 7 nitrogen and oxygen atoms in total. The van der Waals surface area contributed by atoms with Crippen LogP contribution in [0, 0.1) is 13.8 Å². The van der Waals surface area contributed by atoms with Gasteiger partial charge in [-0.05, 0) is 56.2 Å². The molecule has 0 radical (unpaired) electrons. The van der Waals surface area contributed by atoms with Gasteiger partial charge in [0.25, 0.3) is 5.56 Å². The zero-order valence-corrected chi connectivity index (χ0v) is 17.7. The summed E-state index contributed by atoms with van der Waals surface area (Å²) >= 11 is 0. The number of nitrogens with one attached hydrogen (secondary N) is 1. The molecule has 30 heavy (non-hydrogen) atoms. The molecule has 1 aromatic heterocycles. The third-order valence-electron chi connectivity index (χ3n) is 5.03. The normalized spacial score (nSPS) is 11.6. The standard InChI is InChI=1S/C23H25N3O4/c1-14-6-7-17(12-15(14)2)19-9-11-22(27)26(25-19)16(3)23(28)24-18-8-10-20(29-4)21(13-18)30-5/h6-13,16H,1-5H3,(H,24,28)/t16-/m1/s1. The Morgan fingerprint density at radius 1 is 0.967 bits per heavy atom. The molecule has 0 unspecified atom stereocenters. The summed E-state index contributed by atoms with van der Waals surface area (Å²) < 4.78 is 11.7. The lowest BCUT2D eigenvalue weighted by Gasteiger charge is -2.16. The van der Waals surface area contributed by atoms with E-state index >= 15 is 0 Å². The Labute approximate surface area is 175 Å². The number of ether oxygens (including phenoxy) is 2. The zero-order valence-electron chi connectivity index (χ0n) is 17.7. The van der Waals surface area contributed by atoms with E-state index in [1.54, 1.807) is 38.3 Å². The number of carbonyl (C=O) groups excluding carboxylic acids is 1. The molecule has 0 aliphatic rings. The Morgan fingerprint density at radius 3 is 2.37 bits per heavy atom. The van der Waals surface area contributed by atoms with Crippen LogP contribution in [0.4, 0.5) is 5.69 Å². The van der Waals surface area contributed by atoms with E-state index in [4.69, 9.17) is 9.47 Å². The van der Waals surface area contributed by atoms with Crippen LogP contribution >= 0.6 is 0 Å². The van der Waals surface area contributed by atoms with E-state index < -0.39 is 6.04 Å². The van der Waals surface area contributed by atoms with Crippen LogP contribution < -0.4 is 20.3 Å². The third-order valence-corrected chi connectivity index (χ3v) is 5.03. The minimum atomic E-state index is -0.808. The van der Waals surface area contributed by atoms with Gasteiger partial charge in [0.15, 0.2) is 11.5 Å². The molecule has 0 aliphatic heterocycles. The summed E-state index contributed by atoms with van der Waals surface area (Å²) in [5, 5.41) is 7.23. The fourth-order valence-electron chi connectivity index (χ4n) is 3.03. The van der Waals surface area contributed by atoms with Crippen LogP contribution in [-0.2, 0) is 4.79 Å². The molecule has 1 amide bonds. The molecular formula is C23H25N3O4. The van der Waals surface area contributed by atoms with Crippen molar-refractivity contribution in [1.29, 1.82) is 0 Å². The Bertz CT molecular complexity index is 1140. The highest BCUT2D eigenvalue weighted by molar-refractivity contribution is 5.93. The topological polar surface area (TPSA) is 82.5 Å². The van der Waals surface area contributed by atoms with Gasteiger partial charge in [-0.15, -0.1) is 0 Å². The average molecular weight is 407 g/mol. The van der Waals surface area contributed by atoms with Crippen molar-refractivity contribution in [2.75, 3.05) is 19.5 Å². The predicted octanol–water partition coefficient (Wildman–Crippen LogP) is 3.74. The van der Waals surface area contributed by atoms with Crippen molar-refractivity contribution < 1.29 is 14.3 Å². The maximum Gasteiger partial charge on any atom is 0.267 e. The predicted molar refractivity (Wildman–Crippen MR) is 116 cm³/mol. The summed E-state index contributed by atoms with van der Waals surface area (Å²) in [5.74, 6) is 0.687. The number of aromatic nitrogens is 2. The first-order valence-corrected chi connectivity index (χ1v) is 9.54. The van der Waals surface area contributed by atoms with Crippen molar-refractivity contribution in [2.45, 2.75) is 26.8 Å². The van der Waals surface area contributed by atoms with E-state index in [1.165, 1.54) is 23.4 Å². The Hall–Kier alpha value is -3.61. The van der Waals surface area contributed by atoms with E-state index in [2.05, 4.69) is 10.4 Å². The van der Waals surface area contributed by atoms with E-state index in [-0.39, 0.29) is 11.5 Å². The largest absolute Gasteiger partial charge is 0.493 e. The van der Waals surface area contributed by atoms with Gasteiger partial charge in [-0.1, -0.05) is 12.1 Å². The van der Waals surface area contributed by atoms with Crippen LogP contribution in [0.1, 0.15) is 24.1 Å². The van der Waals surface area contributed by atoms with Gasteiger partial charge in [0.05, 0.1) is 19.9 Å². The monoisotopic (exact) mass is 407 g/mol. The van der Waals surface area contributed by atoms with Crippen molar-refractivity contribution in [3.8, 4) is 22.8 Å². The molecule has 1 heterocycles. The molecule has 0 fully saturated rings. The first kappa shape index (κ1) is 21.1. The van der Waals surface area contributed by atoms with E-state index in [9.17, 15) is 9.59 Å². The van der Waals surface area contributed by atoms with Gasteiger partial charge in [-0.2, -0.15) is 5.10 Å². The highest BCUT2D eigenvalue weighted by Crippen LogP contribution is 2.30. The number of benzene rings is 2. The highest BCUT2D eigenvalue weighted by atomic mass is 16.5. The SMILES string of the molecule is COc1ccc(NC(=O)[C@@H](C)n2nc(-c3ccc(C)c(C)c3)ccc2=O)cc1OC. The smallest absolute Gasteiger partial charge is 0.267 e. The molecular weight excluding hydrogens is 382 g/mol. The van der Waals surface area contributed by atoms with Gasteiger partial charge in [0.2, 0.25) is 5.91 Å². The van der Waals surface area contributed by atoms with Crippen LogP contribution in [0.2, 0.25) is 0 Å². The van der Waals surface area contributed by atoms with Crippen molar-refractivity contribution in [3.05, 3.63) is 70.0 Å². The fraction of sp³-hybridized carbons (Fsp3) is 0.261. The lowest BCUT2D eigenvalue weighted by Crippen LogP contribution is -2.33. The number of anilines is 1. The third kappa shape index (κ3) is 4.35. The van der Waals surface area contributed by atoms with Gasteiger partial charge in [0.1, 0.15) is 6.04 Å².